The molecule has 0 aromatic heterocycles. The minimum absolute atomic E-state index is 0. The van der Waals surface area contributed by atoms with Gasteiger partial charge in [-0.15, -0.1) is 13.2 Å². The molecule has 0 rings (SSSR count). The van der Waals surface area contributed by atoms with Crippen molar-refractivity contribution < 1.29 is 30.0 Å². The van der Waals surface area contributed by atoms with Gasteiger partial charge >= 0.3 is 0 Å². The number of rotatable bonds is 5. The summed E-state index contributed by atoms with van der Waals surface area (Å²) >= 11 is 0. The second-order valence-electron chi connectivity index (χ2n) is 2.53. The highest BCUT2D eigenvalue weighted by Gasteiger charge is 1.89. The second-order valence-corrected chi connectivity index (χ2v) is 2.53. The molecular formula is C10H34N4O6. The van der Waals surface area contributed by atoms with E-state index in [1.807, 2.05) is 0 Å². The normalized spacial score (nSPS) is 6.40. The van der Waals surface area contributed by atoms with Gasteiger partial charge in [-0.1, -0.05) is 13.8 Å². The molecule has 0 aliphatic heterocycles. The summed E-state index contributed by atoms with van der Waals surface area (Å²) in [6.45, 7) is 3.14. The van der Waals surface area contributed by atoms with Crippen molar-refractivity contribution in [1.82, 2.24) is 24.6 Å². The van der Waals surface area contributed by atoms with Gasteiger partial charge in [-0.25, -0.2) is 0 Å². The first kappa shape index (κ1) is 42.8. The Morgan fingerprint density at radius 3 is 0.950 bits per heavy atom. The number of carboxylic acids is 2. The van der Waals surface area contributed by atoms with Crippen LogP contribution < -0.4 is 45.0 Å². The Morgan fingerprint density at radius 2 is 0.850 bits per heavy atom. The van der Waals surface area contributed by atoms with E-state index in [2.05, 4.69) is 0 Å². The van der Waals surface area contributed by atoms with E-state index >= 15 is 0 Å². The van der Waals surface area contributed by atoms with Crippen LogP contribution in [0.25, 0.3) is 0 Å². The Morgan fingerprint density at radius 1 is 0.700 bits per heavy atom. The SMILES string of the molecule is CC[O-].CC[O-].O=C([O-])CCCCC(=O)[O-].[NH4+].[NH4+].[NH4+].[NH4+]. The first-order valence-electron chi connectivity index (χ1n) is 5.02. The van der Waals surface area contributed by atoms with Crippen molar-refractivity contribution in [3.05, 3.63) is 0 Å². The zero-order chi connectivity index (χ0) is 13.4. The highest BCUT2D eigenvalue weighted by molar-refractivity contribution is 5.65. The van der Waals surface area contributed by atoms with Gasteiger partial charge in [0.15, 0.2) is 0 Å². The number of carboxylic acid groups (broad SMARTS) is 2. The molecular weight excluding hydrogens is 272 g/mol. The summed E-state index contributed by atoms with van der Waals surface area (Å²) < 4.78 is 0. The molecule has 0 heterocycles. The first-order chi connectivity index (χ1) is 7.45. The Hall–Kier alpha value is -1.30. The van der Waals surface area contributed by atoms with E-state index in [1.165, 1.54) is 0 Å². The summed E-state index contributed by atoms with van der Waals surface area (Å²) in [4.78, 5) is 19.5. The van der Waals surface area contributed by atoms with Crippen LogP contribution in [0.4, 0.5) is 0 Å². The lowest BCUT2D eigenvalue weighted by molar-refractivity contribution is -0.362. The molecule has 0 radical (unpaired) electrons. The molecule has 0 atom stereocenters. The predicted octanol–water partition coefficient (Wildman–Crippen LogP) is -1.72. The van der Waals surface area contributed by atoms with Crippen LogP contribution in [0.5, 0.6) is 0 Å². The zero-order valence-electron chi connectivity index (χ0n) is 13.7. The zero-order valence-corrected chi connectivity index (χ0v) is 13.7. The molecule has 0 saturated carbocycles. The highest BCUT2D eigenvalue weighted by atomic mass is 16.4. The van der Waals surface area contributed by atoms with Crippen molar-refractivity contribution in [3.63, 3.8) is 0 Å². The van der Waals surface area contributed by atoms with E-state index in [4.69, 9.17) is 10.2 Å². The standard InChI is InChI=1S/C6H10O4.2C2H5O.4H3N/c7-5(8)3-1-2-4-6(9)10;2*1-2-3;;;;/h1-4H2,(H,7,8)(H,9,10);2*2H2,1H3;4*1H3/q;2*-1;;;;/p+2. The molecule has 16 N–H and O–H groups in total. The van der Waals surface area contributed by atoms with E-state index in [1.54, 1.807) is 13.8 Å². The van der Waals surface area contributed by atoms with Crippen molar-refractivity contribution in [2.75, 3.05) is 13.2 Å². The minimum Gasteiger partial charge on any atom is -0.855 e. The maximum Gasteiger partial charge on any atom is 0.0414 e. The molecule has 130 valence electrons. The van der Waals surface area contributed by atoms with Gasteiger partial charge in [0.2, 0.25) is 0 Å². The van der Waals surface area contributed by atoms with E-state index in [-0.39, 0.29) is 50.7 Å². The van der Waals surface area contributed by atoms with Crippen LogP contribution in [0, 0.1) is 0 Å². The molecule has 0 aromatic carbocycles. The third-order valence-corrected chi connectivity index (χ3v) is 1.01. The maximum atomic E-state index is 9.77. The summed E-state index contributed by atoms with van der Waals surface area (Å²) in [7, 11) is 0. The largest absolute Gasteiger partial charge is 0.855 e. The summed E-state index contributed by atoms with van der Waals surface area (Å²) in [5.74, 6) is -2.28. The van der Waals surface area contributed by atoms with Crippen LogP contribution in [0.2, 0.25) is 0 Å². The van der Waals surface area contributed by atoms with Crippen LogP contribution in [0.1, 0.15) is 39.5 Å². The van der Waals surface area contributed by atoms with Crippen LogP contribution >= 0.6 is 0 Å². The van der Waals surface area contributed by atoms with E-state index in [0.717, 1.165) is 0 Å². The van der Waals surface area contributed by atoms with Gasteiger partial charge in [-0.3, -0.25) is 0 Å². The molecule has 0 aliphatic rings. The monoisotopic (exact) mass is 306 g/mol. The number of unbranched alkanes of at least 4 members (excludes halogenated alkanes) is 1. The van der Waals surface area contributed by atoms with Crippen LogP contribution in [0.3, 0.4) is 0 Å². The number of hydrogen-bond acceptors (Lipinski definition) is 6. The fourth-order valence-electron chi connectivity index (χ4n) is 0.539. The van der Waals surface area contributed by atoms with Gasteiger partial charge in [0.1, 0.15) is 0 Å². The van der Waals surface area contributed by atoms with Crippen molar-refractivity contribution in [2.24, 2.45) is 0 Å². The first-order valence-corrected chi connectivity index (χ1v) is 5.02. The predicted molar refractivity (Wildman–Crippen MR) is 73.5 cm³/mol. The number of hydrogen-bond donors (Lipinski definition) is 4. The van der Waals surface area contributed by atoms with Crippen LogP contribution in [-0.4, -0.2) is 25.2 Å². The smallest absolute Gasteiger partial charge is 0.0414 e. The number of aliphatic carboxylic acids is 2. The minimum atomic E-state index is -1.14. The number of carbonyl (C=O) groups excluding carboxylic acids is 2. The summed E-state index contributed by atoms with van der Waals surface area (Å²) in [6, 6.07) is 0. The molecule has 0 spiro atoms. The molecule has 20 heavy (non-hydrogen) atoms. The molecule has 0 unspecified atom stereocenters. The van der Waals surface area contributed by atoms with Crippen molar-refractivity contribution >= 4 is 11.9 Å². The van der Waals surface area contributed by atoms with E-state index in [0.29, 0.717) is 12.8 Å². The summed E-state index contributed by atoms with van der Waals surface area (Å²) in [6.07, 6.45) is 0.535. The molecule has 0 amide bonds. The average Bonchev–Trinajstić information content (AvgIpc) is 2.14. The van der Waals surface area contributed by atoms with E-state index in [9.17, 15) is 19.8 Å². The highest BCUT2D eigenvalue weighted by Crippen LogP contribution is 1.96. The van der Waals surface area contributed by atoms with Gasteiger partial charge in [0.25, 0.3) is 0 Å². The van der Waals surface area contributed by atoms with Crippen LogP contribution in [0.15, 0.2) is 0 Å². The average molecular weight is 306 g/mol. The van der Waals surface area contributed by atoms with Gasteiger partial charge in [-0.05, 0) is 25.7 Å². The molecule has 0 saturated heterocycles. The van der Waals surface area contributed by atoms with Gasteiger partial charge in [0.05, 0.1) is 0 Å². The molecule has 0 aromatic rings. The van der Waals surface area contributed by atoms with Gasteiger partial charge < -0.3 is 54.6 Å². The molecule has 0 fully saturated rings. The maximum absolute atomic E-state index is 9.77. The summed E-state index contributed by atoms with van der Waals surface area (Å²) in [5.41, 5.74) is 0. The van der Waals surface area contributed by atoms with Crippen molar-refractivity contribution in [1.29, 1.82) is 0 Å². The lowest BCUT2D eigenvalue weighted by Crippen LogP contribution is -2.23. The Bertz CT molecular complexity index is 154. The third kappa shape index (κ3) is 127. The molecule has 10 heteroatoms. The summed E-state index contributed by atoms with van der Waals surface area (Å²) in [5, 5.41) is 37.4. The van der Waals surface area contributed by atoms with Gasteiger partial charge in [0, 0.05) is 11.9 Å². The Balaban J connectivity index is -0.0000000295. The quantitative estimate of drug-likeness (QED) is 0.428. The topological polar surface area (TPSA) is 272 Å². The molecule has 10 nitrogen and oxygen atoms in total. The van der Waals surface area contributed by atoms with Gasteiger partial charge in [-0.2, -0.15) is 0 Å². The van der Waals surface area contributed by atoms with Crippen molar-refractivity contribution in [3.8, 4) is 0 Å². The lowest BCUT2D eigenvalue weighted by Gasteiger charge is -2.01. The fourth-order valence-corrected chi connectivity index (χ4v) is 0.539. The number of quaternary nitrogens is 4. The Labute approximate surface area is 120 Å². The molecule has 0 aliphatic carbocycles. The second kappa shape index (κ2) is 43.1. The van der Waals surface area contributed by atoms with E-state index < -0.39 is 11.9 Å². The molecule has 0 bridgehead atoms. The van der Waals surface area contributed by atoms with Crippen molar-refractivity contribution in [2.45, 2.75) is 39.5 Å². The van der Waals surface area contributed by atoms with Crippen LogP contribution in [-0.2, 0) is 9.59 Å². The fraction of sp³-hybridized carbons (Fsp3) is 0.800. The number of carbonyl (C=O) groups is 2. The third-order valence-electron chi connectivity index (χ3n) is 1.01. The lowest BCUT2D eigenvalue weighted by atomic mass is 10.2. The Kier molecular flexibility index (Phi) is 92.3.